The van der Waals surface area contributed by atoms with E-state index in [1.165, 1.54) is 12.8 Å². The monoisotopic (exact) mass is 298 g/mol. The van der Waals surface area contributed by atoms with Gasteiger partial charge in [-0.15, -0.1) is 11.8 Å². The number of amides is 2. The number of likely N-dealkylation sites (tertiary alicyclic amines) is 1. The van der Waals surface area contributed by atoms with E-state index in [-0.39, 0.29) is 23.1 Å². The fraction of sp³-hybridized carbons (Fsp3) is 0.867. The van der Waals surface area contributed by atoms with Crippen LogP contribution in [0.3, 0.4) is 0 Å². The minimum atomic E-state index is -0.167. The number of nitrogens with two attached hydrogens (primary N) is 1. The quantitative estimate of drug-likeness (QED) is 0.624. The third kappa shape index (κ3) is 3.76. The molecule has 2 N–H and O–H groups in total. The summed E-state index contributed by atoms with van der Waals surface area (Å²) in [6.45, 7) is 2.71. The summed E-state index contributed by atoms with van der Waals surface area (Å²) in [5, 5.41) is -0.167. The van der Waals surface area contributed by atoms with Gasteiger partial charge in [-0.05, 0) is 31.1 Å². The van der Waals surface area contributed by atoms with Crippen LogP contribution < -0.4 is 5.73 Å². The molecule has 0 bridgehead atoms. The Morgan fingerprint density at radius 1 is 1.25 bits per heavy atom. The van der Waals surface area contributed by atoms with E-state index >= 15 is 0 Å². The molecule has 1 aliphatic carbocycles. The first-order valence-electron chi connectivity index (χ1n) is 7.81. The third-order valence-corrected chi connectivity index (χ3v) is 5.85. The zero-order valence-electron chi connectivity index (χ0n) is 12.3. The average molecular weight is 298 g/mol. The molecule has 1 saturated carbocycles. The van der Waals surface area contributed by atoms with Crippen LogP contribution >= 0.6 is 11.8 Å². The van der Waals surface area contributed by atoms with Gasteiger partial charge in [0.1, 0.15) is 0 Å². The number of imide groups is 1. The number of hydrogen-bond acceptors (Lipinski definition) is 4. The molecular formula is C15H26N2O2S. The van der Waals surface area contributed by atoms with Crippen LogP contribution in [0.25, 0.3) is 0 Å². The Balaban J connectivity index is 1.93. The summed E-state index contributed by atoms with van der Waals surface area (Å²) in [4.78, 5) is 26.3. The number of rotatable bonds is 5. The molecule has 2 amide bonds. The lowest BCUT2D eigenvalue weighted by Gasteiger charge is -2.25. The molecule has 2 unspecified atom stereocenters. The fourth-order valence-electron chi connectivity index (χ4n) is 3.00. The smallest absolute Gasteiger partial charge is 0.243 e. The Labute approximate surface area is 125 Å². The van der Waals surface area contributed by atoms with E-state index in [2.05, 4.69) is 6.92 Å². The van der Waals surface area contributed by atoms with Crippen LogP contribution in [0.2, 0.25) is 0 Å². The number of carbonyl (C=O) groups excluding carboxylic acids is 2. The van der Waals surface area contributed by atoms with Crippen molar-refractivity contribution in [3.8, 4) is 0 Å². The van der Waals surface area contributed by atoms with E-state index in [4.69, 9.17) is 5.73 Å². The van der Waals surface area contributed by atoms with Crippen LogP contribution in [0.5, 0.6) is 0 Å². The molecule has 2 fully saturated rings. The average Bonchev–Trinajstić information content (AvgIpc) is 2.64. The topological polar surface area (TPSA) is 63.4 Å². The van der Waals surface area contributed by atoms with Gasteiger partial charge in [-0.1, -0.05) is 32.6 Å². The molecular weight excluding hydrogens is 272 g/mol. The van der Waals surface area contributed by atoms with Gasteiger partial charge in [0.2, 0.25) is 11.8 Å². The van der Waals surface area contributed by atoms with Crippen LogP contribution in [0.15, 0.2) is 0 Å². The normalized spacial score (nSPS) is 26.9. The predicted molar refractivity (Wildman–Crippen MR) is 82.4 cm³/mol. The largest absolute Gasteiger partial charge is 0.330 e. The molecule has 0 radical (unpaired) electrons. The van der Waals surface area contributed by atoms with Crippen LogP contribution in [-0.2, 0) is 9.59 Å². The summed E-state index contributed by atoms with van der Waals surface area (Å²) in [7, 11) is 0. The highest BCUT2D eigenvalue weighted by Crippen LogP contribution is 2.31. The highest BCUT2D eigenvalue weighted by atomic mass is 32.2. The molecule has 2 rings (SSSR count). The molecule has 2 atom stereocenters. The molecule has 1 aliphatic heterocycles. The van der Waals surface area contributed by atoms with Crippen LogP contribution in [0, 0.1) is 5.92 Å². The molecule has 5 heteroatoms. The van der Waals surface area contributed by atoms with E-state index in [1.54, 1.807) is 16.7 Å². The van der Waals surface area contributed by atoms with Crippen LogP contribution in [-0.4, -0.2) is 40.3 Å². The molecule has 1 saturated heterocycles. The standard InChI is InChI=1S/C15H26N2O2S/c1-11(9-16)10-20-13-8-14(18)17(15(13)19)12-6-4-2-3-5-7-12/h11-13H,2-10,16H2,1H3. The van der Waals surface area contributed by atoms with Gasteiger partial charge in [-0.3, -0.25) is 14.5 Å². The maximum Gasteiger partial charge on any atom is 0.243 e. The summed E-state index contributed by atoms with van der Waals surface area (Å²) in [5.74, 6) is 1.35. The highest BCUT2D eigenvalue weighted by Gasteiger charge is 2.42. The third-order valence-electron chi connectivity index (χ3n) is 4.32. The molecule has 1 heterocycles. The van der Waals surface area contributed by atoms with Gasteiger partial charge < -0.3 is 5.73 Å². The summed E-state index contributed by atoms with van der Waals surface area (Å²) < 4.78 is 0. The first kappa shape index (κ1) is 15.8. The molecule has 0 spiro atoms. The molecule has 0 aromatic heterocycles. The number of nitrogens with zero attached hydrogens (tertiary/aromatic N) is 1. The van der Waals surface area contributed by atoms with Crippen LogP contribution in [0.4, 0.5) is 0 Å². The zero-order chi connectivity index (χ0) is 14.5. The van der Waals surface area contributed by atoms with E-state index < -0.39 is 0 Å². The molecule has 4 nitrogen and oxygen atoms in total. The van der Waals surface area contributed by atoms with Gasteiger partial charge in [0, 0.05) is 12.5 Å². The van der Waals surface area contributed by atoms with Crippen molar-refractivity contribution in [2.24, 2.45) is 11.7 Å². The number of carbonyl (C=O) groups is 2. The van der Waals surface area contributed by atoms with E-state index in [0.717, 1.165) is 31.4 Å². The molecule has 2 aliphatic rings. The van der Waals surface area contributed by atoms with Crippen molar-refractivity contribution < 1.29 is 9.59 Å². The molecule has 0 aromatic rings. The minimum Gasteiger partial charge on any atom is -0.330 e. The second-order valence-electron chi connectivity index (χ2n) is 6.11. The fourth-order valence-corrected chi connectivity index (χ4v) is 4.21. The van der Waals surface area contributed by atoms with Gasteiger partial charge in [0.05, 0.1) is 5.25 Å². The van der Waals surface area contributed by atoms with Crippen molar-refractivity contribution in [3.63, 3.8) is 0 Å². The summed E-state index contributed by atoms with van der Waals surface area (Å²) in [6, 6.07) is 0.162. The lowest BCUT2D eigenvalue weighted by atomic mass is 10.1. The van der Waals surface area contributed by atoms with E-state index in [1.807, 2.05) is 0 Å². The van der Waals surface area contributed by atoms with Crippen molar-refractivity contribution in [2.75, 3.05) is 12.3 Å². The summed E-state index contributed by atoms with van der Waals surface area (Å²) in [5.41, 5.74) is 5.60. The second-order valence-corrected chi connectivity index (χ2v) is 7.35. The zero-order valence-corrected chi connectivity index (χ0v) is 13.2. The maximum absolute atomic E-state index is 12.5. The Morgan fingerprint density at radius 3 is 2.50 bits per heavy atom. The predicted octanol–water partition coefficient (Wildman–Crippen LogP) is 2.16. The van der Waals surface area contributed by atoms with Gasteiger partial charge >= 0.3 is 0 Å². The first-order valence-corrected chi connectivity index (χ1v) is 8.86. The van der Waals surface area contributed by atoms with Gasteiger partial charge in [-0.25, -0.2) is 0 Å². The van der Waals surface area contributed by atoms with Gasteiger partial charge in [-0.2, -0.15) is 0 Å². The molecule has 114 valence electrons. The second kappa shape index (κ2) is 7.46. The molecule has 20 heavy (non-hydrogen) atoms. The lowest BCUT2D eigenvalue weighted by molar-refractivity contribution is -0.141. The highest BCUT2D eigenvalue weighted by molar-refractivity contribution is 8.00. The van der Waals surface area contributed by atoms with Gasteiger partial charge in [0.25, 0.3) is 0 Å². The van der Waals surface area contributed by atoms with Crippen molar-refractivity contribution in [1.82, 2.24) is 4.90 Å². The van der Waals surface area contributed by atoms with E-state index in [0.29, 0.717) is 18.9 Å². The number of hydrogen-bond donors (Lipinski definition) is 1. The SMILES string of the molecule is CC(CN)CSC1CC(=O)N(C2CCCCCC2)C1=O. The first-order chi connectivity index (χ1) is 9.63. The van der Waals surface area contributed by atoms with Crippen molar-refractivity contribution in [2.45, 2.75) is 63.2 Å². The minimum absolute atomic E-state index is 0.0415. The Morgan fingerprint density at radius 2 is 1.90 bits per heavy atom. The van der Waals surface area contributed by atoms with Gasteiger partial charge in [0.15, 0.2) is 0 Å². The van der Waals surface area contributed by atoms with Crippen molar-refractivity contribution >= 4 is 23.6 Å². The summed E-state index contributed by atoms with van der Waals surface area (Å²) >= 11 is 1.61. The van der Waals surface area contributed by atoms with E-state index in [9.17, 15) is 9.59 Å². The van der Waals surface area contributed by atoms with Crippen LogP contribution in [0.1, 0.15) is 51.9 Å². The Bertz CT molecular complexity index is 354. The maximum atomic E-state index is 12.5. The Hall–Kier alpha value is -0.550. The van der Waals surface area contributed by atoms with Crippen molar-refractivity contribution in [3.05, 3.63) is 0 Å². The Kier molecular flexibility index (Phi) is 5.90. The number of thioether (sulfide) groups is 1. The molecule has 0 aromatic carbocycles. The lowest BCUT2D eigenvalue weighted by Crippen LogP contribution is -2.40. The van der Waals surface area contributed by atoms with Crippen molar-refractivity contribution in [1.29, 1.82) is 0 Å². The summed E-state index contributed by atoms with van der Waals surface area (Å²) in [6.07, 6.45) is 7.13.